The van der Waals surface area contributed by atoms with Gasteiger partial charge in [0.15, 0.2) is 11.2 Å². The number of carbonyl (C=O) groups excluding carboxylic acids is 5. The molecule has 0 saturated carbocycles. The molecule has 45 heavy (non-hydrogen) atoms. The van der Waals surface area contributed by atoms with E-state index in [0.29, 0.717) is 17.7 Å². The second kappa shape index (κ2) is 14.4. The average molecular weight is 640 g/mol. The Labute approximate surface area is 258 Å². The van der Waals surface area contributed by atoms with Crippen molar-refractivity contribution in [2.45, 2.75) is 43.1 Å². The fourth-order valence-electron chi connectivity index (χ4n) is 4.23. The molecule has 17 nitrogen and oxygen atoms in total. The van der Waals surface area contributed by atoms with Crippen LogP contribution in [0, 0.1) is 0 Å². The number of nitrogens with one attached hydrogen (secondary N) is 4. The minimum atomic E-state index is -1.39. The molecule has 7 N–H and O–H groups in total. The molecule has 1 unspecified atom stereocenters. The van der Waals surface area contributed by atoms with Crippen molar-refractivity contribution in [1.29, 1.82) is 0 Å². The summed E-state index contributed by atoms with van der Waals surface area (Å²) in [5.41, 5.74) is 6.35. The zero-order valence-electron chi connectivity index (χ0n) is 23.8. The van der Waals surface area contributed by atoms with Crippen molar-refractivity contribution in [1.82, 2.24) is 35.5 Å². The lowest BCUT2D eigenvalue weighted by molar-refractivity contribution is -0.140. The fourth-order valence-corrected chi connectivity index (χ4v) is 5.39. The van der Waals surface area contributed by atoms with E-state index in [0.717, 1.165) is 16.7 Å². The highest BCUT2D eigenvalue weighted by Crippen LogP contribution is 2.24. The van der Waals surface area contributed by atoms with Crippen LogP contribution in [-0.2, 0) is 30.5 Å². The van der Waals surface area contributed by atoms with Gasteiger partial charge in [-0.25, -0.2) is 14.8 Å². The molecular formula is C27H29N9O8S. The molecule has 0 bridgehead atoms. The van der Waals surface area contributed by atoms with Crippen molar-refractivity contribution in [3.63, 3.8) is 0 Å². The summed E-state index contributed by atoms with van der Waals surface area (Å²) in [6.45, 7) is 0.195. The first-order valence-corrected chi connectivity index (χ1v) is 14.6. The van der Waals surface area contributed by atoms with Crippen molar-refractivity contribution in [2.75, 3.05) is 23.9 Å². The molecule has 0 spiro atoms. The number of amides is 4. The number of aliphatic carboxylic acids is 1. The molecular weight excluding hydrogens is 610 g/mol. The van der Waals surface area contributed by atoms with E-state index in [-0.39, 0.29) is 66.1 Å². The number of likely N-dealkylation sites (tertiary alicyclic amines) is 1. The highest BCUT2D eigenvalue weighted by molar-refractivity contribution is 8.00. The van der Waals surface area contributed by atoms with Gasteiger partial charge in [-0.05, 0) is 30.7 Å². The summed E-state index contributed by atoms with van der Waals surface area (Å²) in [5, 5.41) is 16.9. The van der Waals surface area contributed by atoms with Gasteiger partial charge >= 0.3 is 5.97 Å². The fraction of sp³-hybridized carbons (Fsp3) is 0.333. The van der Waals surface area contributed by atoms with Crippen LogP contribution in [0.15, 0.2) is 35.3 Å². The molecule has 3 heterocycles. The lowest BCUT2D eigenvalue weighted by atomic mass is 10.1. The summed E-state index contributed by atoms with van der Waals surface area (Å²) < 4.78 is 0. The highest BCUT2D eigenvalue weighted by Gasteiger charge is 2.36. The molecule has 1 aliphatic rings. The Balaban J connectivity index is 1.25. The van der Waals surface area contributed by atoms with Crippen LogP contribution in [0.25, 0.3) is 11.2 Å². The molecule has 2 aromatic heterocycles. The third-order valence-corrected chi connectivity index (χ3v) is 8.02. The minimum absolute atomic E-state index is 0.0111. The van der Waals surface area contributed by atoms with Crippen LogP contribution in [0.4, 0.5) is 11.6 Å². The van der Waals surface area contributed by atoms with E-state index in [1.807, 2.05) is 0 Å². The van der Waals surface area contributed by atoms with E-state index in [1.165, 1.54) is 25.4 Å². The van der Waals surface area contributed by atoms with E-state index in [9.17, 15) is 38.7 Å². The van der Waals surface area contributed by atoms with Crippen LogP contribution in [0.5, 0.6) is 0 Å². The lowest BCUT2D eigenvalue weighted by Crippen LogP contribution is -2.43. The van der Waals surface area contributed by atoms with Gasteiger partial charge in [-0.3, -0.25) is 33.9 Å². The third-order valence-electron chi connectivity index (χ3n) is 6.70. The number of benzene rings is 1. The number of anilines is 2. The molecule has 0 aliphatic carbocycles. The van der Waals surface area contributed by atoms with Gasteiger partial charge in [-0.2, -0.15) is 4.98 Å². The SMILES string of the molecule is CN1C(=O)CC(SC[C@@H](C=O)NC(=O)CC[C@H](NC(=O)c2ccc(NCc3cnc4nc(N)[nH]c(=O)c4n3)cc2)C(=O)O)C1=O. The third kappa shape index (κ3) is 8.37. The Morgan fingerprint density at radius 1 is 1.18 bits per heavy atom. The number of aromatic amines is 1. The number of aldehydes is 1. The van der Waals surface area contributed by atoms with Gasteiger partial charge < -0.3 is 31.6 Å². The van der Waals surface area contributed by atoms with Gasteiger partial charge in [0.2, 0.25) is 23.7 Å². The van der Waals surface area contributed by atoms with Crippen molar-refractivity contribution >= 4 is 70.4 Å². The molecule has 1 aromatic carbocycles. The summed E-state index contributed by atoms with van der Waals surface area (Å²) in [4.78, 5) is 99.6. The monoisotopic (exact) mass is 639 g/mol. The van der Waals surface area contributed by atoms with Crippen molar-refractivity contribution in [2.24, 2.45) is 0 Å². The van der Waals surface area contributed by atoms with E-state index >= 15 is 0 Å². The topological polar surface area (TPSA) is 260 Å². The number of nitrogen functional groups attached to an aromatic ring is 1. The molecule has 18 heteroatoms. The number of carboxylic acid groups (broad SMARTS) is 1. The summed E-state index contributed by atoms with van der Waals surface area (Å²) in [6.07, 6.45) is 1.40. The number of aromatic nitrogens is 4. The Bertz CT molecular complexity index is 1700. The molecule has 3 aromatic rings. The quantitative estimate of drug-likeness (QED) is 0.0918. The molecule has 1 aliphatic heterocycles. The maximum absolute atomic E-state index is 12.7. The largest absolute Gasteiger partial charge is 0.480 e. The highest BCUT2D eigenvalue weighted by atomic mass is 32.2. The number of imide groups is 1. The van der Waals surface area contributed by atoms with Gasteiger partial charge in [0.1, 0.15) is 12.3 Å². The lowest BCUT2D eigenvalue weighted by Gasteiger charge is -2.17. The Kier molecular flexibility index (Phi) is 10.4. The first kappa shape index (κ1) is 32.5. The first-order chi connectivity index (χ1) is 21.4. The summed E-state index contributed by atoms with van der Waals surface area (Å²) >= 11 is 1.08. The van der Waals surface area contributed by atoms with E-state index in [2.05, 4.69) is 35.9 Å². The average Bonchev–Trinajstić information content (AvgIpc) is 3.26. The number of carboxylic acids is 1. The predicted octanol–water partition coefficient (Wildman–Crippen LogP) is -0.955. The van der Waals surface area contributed by atoms with Gasteiger partial charge in [-0.1, -0.05) is 0 Å². The standard InChI is InChI=1S/C27H29N9O8S/c1-36-20(39)8-18(25(36)42)45-12-16(11-37)31-19(38)7-6-17(26(43)44)33-23(40)13-2-4-14(5-3-13)29-9-15-10-30-22-21(32-15)24(41)35-27(28)34-22/h2-5,10-11,16-18,29H,6-9,12H2,1H3,(H,31,38)(H,33,40)(H,43,44)(H3,28,30,34,35,41)/t16-,17+,18?/m1/s1. The number of H-pyrrole nitrogens is 1. The second-order valence-corrected chi connectivity index (χ2v) is 11.2. The maximum atomic E-state index is 12.7. The molecule has 4 rings (SSSR count). The van der Waals surface area contributed by atoms with Gasteiger partial charge in [0.05, 0.1) is 29.7 Å². The first-order valence-electron chi connectivity index (χ1n) is 13.5. The number of hydrogen-bond acceptors (Lipinski definition) is 13. The van der Waals surface area contributed by atoms with Crippen LogP contribution in [0.2, 0.25) is 0 Å². The van der Waals surface area contributed by atoms with Crippen molar-refractivity contribution < 1.29 is 33.9 Å². The van der Waals surface area contributed by atoms with E-state index in [4.69, 9.17) is 5.73 Å². The maximum Gasteiger partial charge on any atom is 0.326 e. The smallest absolute Gasteiger partial charge is 0.326 e. The Morgan fingerprint density at radius 3 is 2.56 bits per heavy atom. The zero-order valence-corrected chi connectivity index (χ0v) is 24.6. The number of hydrogen-bond donors (Lipinski definition) is 6. The number of rotatable bonds is 14. The molecule has 0 radical (unpaired) electrons. The van der Waals surface area contributed by atoms with Crippen LogP contribution in [-0.4, -0.2) is 96.0 Å². The number of thioether (sulfide) groups is 1. The normalized spacial score (nSPS) is 15.8. The van der Waals surface area contributed by atoms with Crippen LogP contribution in [0.1, 0.15) is 35.3 Å². The van der Waals surface area contributed by atoms with E-state index < -0.39 is 40.7 Å². The molecule has 236 valence electrons. The van der Waals surface area contributed by atoms with Crippen molar-refractivity contribution in [3.05, 3.63) is 52.1 Å². The number of nitrogens with two attached hydrogens (primary N) is 1. The van der Waals surface area contributed by atoms with Crippen LogP contribution < -0.4 is 27.2 Å². The van der Waals surface area contributed by atoms with Crippen LogP contribution in [0.3, 0.4) is 0 Å². The zero-order chi connectivity index (χ0) is 32.7. The van der Waals surface area contributed by atoms with Crippen molar-refractivity contribution in [3.8, 4) is 0 Å². The van der Waals surface area contributed by atoms with Gasteiger partial charge in [0.25, 0.3) is 11.5 Å². The molecule has 3 atom stereocenters. The predicted molar refractivity (Wildman–Crippen MR) is 161 cm³/mol. The van der Waals surface area contributed by atoms with Gasteiger partial charge in [0, 0.05) is 36.9 Å². The second-order valence-electron chi connectivity index (χ2n) is 9.95. The molecule has 1 fully saturated rings. The Hall–Kier alpha value is -5.39. The minimum Gasteiger partial charge on any atom is -0.480 e. The van der Waals surface area contributed by atoms with E-state index in [1.54, 1.807) is 12.1 Å². The van der Waals surface area contributed by atoms with Crippen LogP contribution >= 0.6 is 11.8 Å². The number of nitrogens with zero attached hydrogens (tertiary/aromatic N) is 4. The molecule has 4 amide bonds. The summed E-state index contributed by atoms with van der Waals surface area (Å²) in [6, 6.07) is 3.79. The summed E-state index contributed by atoms with van der Waals surface area (Å²) in [7, 11) is 1.38. The van der Waals surface area contributed by atoms with Gasteiger partial charge in [-0.15, -0.1) is 11.8 Å². The summed E-state index contributed by atoms with van der Waals surface area (Å²) in [5.74, 6) is -3.35. The Morgan fingerprint density at radius 2 is 1.91 bits per heavy atom. The molecule has 1 saturated heterocycles. The number of fused-ring (bicyclic) bond motifs is 1. The number of carbonyl (C=O) groups is 6.